The molecule has 7 N–H and O–H groups in total. The Bertz CT molecular complexity index is 319. The Kier molecular flexibility index (Phi) is 2.34. The average Bonchev–Trinajstić information content (AvgIpc) is 2.01. The highest BCUT2D eigenvalue weighted by Gasteiger charge is 2.15. The maximum Gasteiger partial charge on any atom is 0.325 e. The van der Waals surface area contributed by atoms with Crippen molar-refractivity contribution in [2.75, 3.05) is 11.5 Å². The Balaban J connectivity index is 3.07. The first-order valence-electron chi connectivity index (χ1n) is 3.52. The van der Waals surface area contributed by atoms with Gasteiger partial charge in [0.15, 0.2) is 0 Å². The van der Waals surface area contributed by atoms with Gasteiger partial charge in [-0.2, -0.15) is 0 Å². The van der Waals surface area contributed by atoms with Crippen LogP contribution in [0.25, 0.3) is 0 Å². The van der Waals surface area contributed by atoms with Crippen molar-refractivity contribution in [1.82, 2.24) is 4.98 Å². The Labute approximate surface area is 74.4 Å². The van der Waals surface area contributed by atoms with E-state index in [0.717, 1.165) is 0 Å². The minimum absolute atomic E-state index is 0.159. The van der Waals surface area contributed by atoms with Gasteiger partial charge in [0.1, 0.15) is 17.7 Å². The van der Waals surface area contributed by atoms with Crippen molar-refractivity contribution >= 4 is 17.6 Å². The molecule has 0 saturated carbocycles. The molecule has 0 spiro atoms. The number of pyridine rings is 1. The minimum atomic E-state index is -1.13. The number of carboxylic acids is 1. The van der Waals surface area contributed by atoms with Gasteiger partial charge in [-0.3, -0.25) is 4.79 Å². The Morgan fingerprint density at radius 2 is 1.85 bits per heavy atom. The molecule has 1 heterocycles. The molecule has 6 nitrogen and oxygen atoms in total. The van der Waals surface area contributed by atoms with Crippen molar-refractivity contribution in [3.63, 3.8) is 0 Å². The topological polar surface area (TPSA) is 128 Å². The van der Waals surface area contributed by atoms with Crippen LogP contribution in [0.5, 0.6) is 0 Å². The van der Waals surface area contributed by atoms with Crippen molar-refractivity contribution in [3.05, 3.63) is 17.7 Å². The number of hydrogen-bond donors (Lipinski definition) is 4. The molecule has 0 fully saturated rings. The van der Waals surface area contributed by atoms with Gasteiger partial charge in [0, 0.05) is 0 Å². The van der Waals surface area contributed by atoms with Gasteiger partial charge in [0.05, 0.1) is 0 Å². The summed E-state index contributed by atoms with van der Waals surface area (Å²) in [6.45, 7) is 0. The fraction of sp³-hybridized carbons (Fsp3) is 0.143. The van der Waals surface area contributed by atoms with Crippen LogP contribution in [0.4, 0.5) is 11.6 Å². The van der Waals surface area contributed by atoms with Crippen LogP contribution in [-0.4, -0.2) is 16.1 Å². The summed E-state index contributed by atoms with van der Waals surface area (Å²) in [5.74, 6) is -0.816. The first-order valence-corrected chi connectivity index (χ1v) is 3.52. The predicted octanol–water partition coefficient (Wildman–Crippen LogP) is -0.670. The summed E-state index contributed by atoms with van der Waals surface area (Å²) in [7, 11) is 0. The monoisotopic (exact) mass is 182 g/mol. The number of hydrogen-bond acceptors (Lipinski definition) is 5. The largest absolute Gasteiger partial charge is 0.480 e. The standard InChI is InChI=1S/C7H10N4O2/c8-4-1-3(2-5(9)11-4)6(10)7(12)13/h1-2,6H,10H2,(H,12,13)(H4,8,9,11)/t6-/m0/s1. The molecule has 13 heavy (non-hydrogen) atoms. The van der Waals surface area contributed by atoms with E-state index in [4.69, 9.17) is 22.3 Å². The summed E-state index contributed by atoms with van der Waals surface area (Å²) in [6, 6.07) is 1.65. The third-order valence-electron chi connectivity index (χ3n) is 1.51. The second-order valence-electron chi connectivity index (χ2n) is 2.57. The van der Waals surface area contributed by atoms with Crippen molar-refractivity contribution in [1.29, 1.82) is 0 Å². The number of aromatic nitrogens is 1. The lowest BCUT2D eigenvalue weighted by atomic mass is 10.1. The van der Waals surface area contributed by atoms with Gasteiger partial charge in [-0.15, -0.1) is 0 Å². The van der Waals surface area contributed by atoms with Crippen molar-refractivity contribution < 1.29 is 9.90 Å². The van der Waals surface area contributed by atoms with E-state index >= 15 is 0 Å². The fourth-order valence-corrected chi connectivity index (χ4v) is 0.919. The lowest BCUT2D eigenvalue weighted by molar-refractivity contribution is -0.138. The maximum atomic E-state index is 10.5. The number of rotatable bonds is 2. The molecule has 0 radical (unpaired) electrons. The summed E-state index contributed by atoms with van der Waals surface area (Å²) in [4.78, 5) is 14.2. The van der Waals surface area contributed by atoms with Gasteiger partial charge < -0.3 is 22.3 Å². The summed E-state index contributed by atoms with van der Waals surface area (Å²) in [6.07, 6.45) is 0. The Morgan fingerprint density at radius 1 is 1.38 bits per heavy atom. The van der Waals surface area contributed by atoms with Gasteiger partial charge in [-0.05, 0) is 17.7 Å². The van der Waals surface area contributed by atoms with E-state index in [0.29, 0.717) is 5.56 Å². The lowest BCUT2D eigenvalue weighted by Gasteiger charge is -2.07. The zero-order valence-corrected chi connectivity index (χ0v) is 6.77. The van der Waals surface area contributed by atoms with E-state index in [1.54, 1.807) is 0 Å². The molecule has 0 unspecified atom stereocenters. The SMILES string of the molecule is Nc1cc([C@H](N)C(=O)O)cc(N)n1. The van der Waals surface area contributed by atoms with Gasteiger partial charge in [0.2, 0.25) is 0 Å². The molecule has 0 aliphatic heterocycles. The van der Waals surface area contributed by atoms with Gasteiger partial charge in [0.25, 0.3) is 0 Å². The third-order valence-corrected chi connectivity index (χ3v) is 1.51. The number of nitrogens with zero attached hydrogens (tertiary/aromatic N) is 1. The first-order chi connectivity index (χ1) is 6.00. The summed E-state index contributed by atoms with van der Waals surface area (Å²) in [5, 5.41) is 8.59. The molecule has 0 amide bonds. The molecular formula is C7H10N4O2. The number of aliphatic carboxylic acids is 1. The highest BCUT2D eigenvalue weighted by Crippen LogP contribution is 2.15. The smallest absolute Gasteiger partial charge is 0.325 e. The Morgan fingerprint density at radius 3 is 2.23 bits per heavy atom. The van der Waals surface area contributed by atoms with Crippen LogP contribution in [0.3, 0.4) is 0 Å². The molecule has 0 aliphatic carbocycles. The molecule has 0 aliphatic rings. The zero-order chi connectivity index (χ0) is 10.0. The highest BCUT2D eigenvalue weighted by atomic mass is 16.4. The van der Waals surface area contributed by atoms with E-state index < -0.39 is 12.0 Å². The molecule has 0 bridgehead atoms. The summed E-state index contributed by atoms with van der Waals surface area (Å²) in [5.41, 5.74) is 16.4. The van der Waals surface area contributed by atoms with Crippen LogP contribution in [0.15, 0.2) is 12.1 Å². The number of carboxylic acid groups (broad SMARTS) is 1. The molecule has 0 saturated heterocycles. The maximum absolute atomic E-state index is 10.5. The second-order valence-corrected chi connectivity index (χ2v) is 2.57. The van der Waals surface area contributed by atoms with Crippen LogP contribution in [-0.2, 0) is 4.79 Å². The first kappa shape index (κ1) is 9.27. The number of anilines is 2. The lowest BCUT2D eigenvalue weighted by Crippen LogP contribution is -2.21. The Hall–Kier alpha value is -1.82. The quantitative estimate of drug-likeness (QED) is 0.480. The third kappa shape index (κ3) is 2.06. The fourth-order valence-electron chi connectivity index (χ4n) is 0.919. The minimum Gasteiger partial charge on any atom is -0.480 e. The normalized spacial score (nSPS) is 12.4. The van der Waals surface area contributed by atoms with E-state index in [-0.39, 0.29) is 11.6 Å². The van der Waals surface area contributed by atoms with Crippen molar-refractivity contribution in [2.24, 2.45) is 5.73 Å². The van der Waals surface area contributed by atoms with E-state index in [9.17, 15) is 4.79 Å². The number of nitrogens with two attached hydrogens (primary N) is 3. The number of carbonyl (C=O) groups is 1. The van der Waals surface area contributed by atoms with E-state index in [2.05, 4.69) is 4.98 Å². The van der Waals surface area contributed by atoms with Crippen LogP contribution in [0.2, 0.25) is 0 Å². The average molecular weight is 182 g/mol. The molecule has 1 aromatic heterocycles. The van der Waals surface area contributed by atoms with Gasteiger partial charge in [-0.1, -0.05) is 0 Å². The van der Waals surface area contributed by atoms with Crippen LogP contribution in [0, 0.1) is 0 Å². The van der Waals surface area contributed by atoms with Crippen LogP contribution in [0.1, 0.15) is 11.6 Å². The van der Waals surface area contributed by atoms with E-state index in [1.165, 1.54) is 12.1 Å². The van der Waals surface area contributed by atoms with Gasteiger partial charge >= 0.3 is 5.97 Å². The van der Waals surface area contributed by atoms with Crippen LogP contribution >= 0.6 is 0 Å². The highest BCUT2D eigenvalue weighted by molar-refractivity contribution is 5.75. The van der Waals surface area contributed by atoms with Crippen molar-refractivity contribution in [3.8, 4) is 0 Å². The molecule has 0 aromatic carbocycles. The second kappa shape index (κ2) is 3.28. The molecule has 1 atom stereocenters. The molecule has 1 rings (SSSR count). The van der Waals surface area contributed by atoms with Gasteiger partial charge in [-0.25, -0.2) is 4.98 Å². The molecular weight excluding hydrogens is 172 g/mol. The number of nitrogen functional groups attached to an aromatic ring is 2. The van der Waals surface area contributed by atoms with Crippen molar-refractivity contribution in [2.45, 2.75) is 6.04 Å². The summed E-state index contributed by atoms with van der Waals surface area (Å²) < 4.78 is 0. The molecule has 70 valence electrons. The zero-order valence-electron chi connectivity index (χ0n) is 6.77. The van der Waals surface area contributed by atoms with Crippen LogP contribution < -0.4 is 17.2 Å². The predicted molar refractivity (Wildman–Crippen MR) is 47.6 cm³/mol. The summed E-state index contributed by atoms with van der Waals surface area (Å²) >= 11 is 0. The molecule has 6 heteroatoms. The molecule has 1 aromatic rings. The van der Waals surface area contributed by atoms with E-state index in [1.807, 2.05) is 0 Å².